The molecule has 3 aliphatic rings. The van der Waals surface area contributed by atoms with E-state index in [4.69, 9.17) is 0 Å². The smallest absolute Gasteiger partial charge is 0.0199 e. The number of rotatable bonds is 7. The first-order chi connectivity index (χ1) is 34.3. The van der Waals surface area contributed by atoms with Crippen molar-refractivity contribution in [2.45, 2.75) is 60.8 Å². The fraction of sp³-hybridized carbons (Fsp3) is 0.159. The van der Waals surface area contributed by atoms with Crippen molar-refractivity contribution in [3.05, 3.63) is 288 Å². The quantitative estimate of drug-likeness (QED) is 0.158. The van der Waals surface area contributed by atoms with Crippen LogP contribution >= 0.6 is 0 Å². The second-order valence-corrected chi connectivity index (χ2v) is 16.8. The van der Waals surface area contributed by atoms with E-state index in [9.17, 15) is 0 Å². The van der Waals surface area contributed by atoms with Crippen molar-refractivity contribution in [1.29, 1.82) is 0 Å². The topological polar surface area (TPSA) is 26.0 Å². The van der Waals surface area contributed by atoms with E-state index in [0.29, 0.717) is 0 Å². The number of allylic oxidation sites excluding steroid dienone is 15. The summed E-state index contributed by atoms with van der Waals surface area (Å²) >= 11 is 0. The van der Waals surface area contributed by atoms with Crippen molar-refractivity contribution >= 4 is 33.2 Å². The predicted molar refractivity (Wildman–Crippen MR) is 313 cm³/mol. The van der Waals surface area contributed by atoms with E-state index in [2.05, 4.69) is 208 Å². The number of hydrogen-bond acceptors (Lipinski definition) is 1. The summed E-state index contributed by atoms with van der Waals surface area (Å²) in [6.45, 7) is 25.6. The molecular weight excluding hydrogens is 843 g/mol. The molecule has 354 valence electrons. The third-order valence-corrected chi connectivity index (χ3v) is 12.2. The van der Waals surface area contributed by atoms with E-state index in [-0.39, 0.29) is 11.8 Å². The van der Waals surface area contributed by atoms with Crippen LogP contribution in [0.4, 0.5) is 0 Å². The van der Waals surface area contributed by atoms with Gasteiger partial charge in [-0.25, -0.2) is 0 Å². The molecular formula is C69H73N. The molecule has 0 aliphatic heterocycles. The zero-order valence-electron chi connectivity index (χ0n) is 42.9. The number of hydrogen-bond donors (Lipinski definition) is 1. The lowest BCUT2D eigenvalue weighted by Crippen LogP contribution is -2.22. The summed E-state index contributed by atoms with van der Waals surface area (Å²) in [5, 5.41) is 5.04. The van der Waals surface area contributed by atoms with Gasteiger partial charge in [-0.05, 0) is 147 Å². The number of aryl methyl sites for hydroxylation is 1. The van der Waals surface area contributed by atoms with Crippen LogP contribution in [-0.4, -0.2) is 7.05 Å². The lowest BCUT2D eigenvalue weighted by Gasteiger charge is -2.37. The molecule has 10 rings (SSSR count). The molecule has 0 saturated heterocycles. The molecule has 2 atom stereocenters. The van der Waals surface area contributed by atoms with Gasteiger partial charge in [0.05, 0.1) is 0 Å². The fourth-order valence-electron chi connectivity index (χ4n) is 8.94. The second kappa shape index (κ2) is 27.4. The van der Waals surface area contributed by atoms with Gasteiger partial charge < -0.3 is 5.73 Å². The molecule has 0 aromatic heterocycles. The highest BCUT2D eigenvalue weighted by atomic mass is 14.4. The second-order valence-electron chi connectivity index (χ2n) is 16.8. The van der Waals surface area contributed by atoms with Gasteiger partial charge in [0.2, 0.25) is 0 Å². The van der Waals surface area contributed by atoms with Crippen LogP contribution in [0, 0.1) is 12.8 Å². The summed E-state index contributed by atoms with van der Waals surface area (Å²) in [5.74, 6) is 0.463. The molecule has 0 spiro atoms. The average molecular weight is 916 g/mol. The first-order valence-corrected chi connectivity index (χ1v) is 24.9. The Hall–Kier alpha value is -7.58. The Kier molecular flexibility index (Phi) is 20.9. The van der Waals surface area contributed by atoms with Gasteiger partial charge in [0.1, 0.15) is 0 Å². The number of nitrogens with two attached hydrogens (primary N) is 1. The van der Waals surface area contributed by atoms with E-state index < -0.39 is 0 Å². The van der Waals surface area contributed by atoms with Crippen molar-refractivity contribution in [3.63, 3.8) is 0 Å². The molecule has 0 bridgehead atoms. The maximum absolute atomic E-state index is 4.50. The van der Waals surface area contributed by atoms with E-state index in [1.807, 2.05) is 90.2 Å². The molecule has 0 amide bonds. The zero-order valence-corrected chi connectivity index (χ0v) is 42.9. The summed E-state index contributed by atoms with van der Waals surface area (Å²) in [7, 11) is 1.50. The van der Waals surface area contributed by atoms with Crippen molar-refractivity contribution in [1.82, 2.24) is 0 Å². The maximum Gasteiger partial charge on any atom is 0.0199 e. The van der Waals surface area contributed by atoms with Crippen molar-refractivity contribution < 1.29 is 0 Å². The standard InChI is InChI=1S/C49H36.C8H12.C7H8.2C2H6.CH5N/c1-3-33-27-37(20-19-32(33)2)39-24-25-40-28-38(22-23-41(40)29-39)36-13-10-14-42(31-36)48-44-15-6-8-17-46(44)49(47-18-9-7-16-45(47)48)43-26-21-34-11-4-5-12-35(34)30-43;1-4-5-6-7-8(2)3;1-7-5-3-2-4-6-7;3*1-2/h3-31,44,48H,1H2,2H3;4-7H,2H2,1,3H3;2-5H,1,6H2;2*1-2H3;2H2,1H3/b;5-4-,7-6-;;;;. The van der Waals surface area contributed by atoms with Crippen molar-refractivity contribution in [2.24, 2.45) is 11.7 Å². The molecule has 7 aromatic rings. The molecule has 70 heavy (non-hydrogen) atoms. The van der Waals surface area contributed by atoms with Crippen LogP contribution in [0.25, 0.3) is 55.4 Å². The molecule has 0 radical (unpaired) electrons. The van der Waals surface area contributed by atoms with Gasteiger partial charge in [-0.15, -0.1) is 0 Å². The minimum atomic E-state index is 0.217. The van der Waals surface area contributed by atoms with Crippen LogP contribution in [0.15, 0.2) is 255 Å². The van der Waals surface area contributed by atoms with E-state index in [0.717, 1.165) is 12.0 Å². The Morgan fingerprint density at radius 3 is 1.83 bits per heavy atom. The lowest BCUT2D eigenvalue weighted by atomic mass is 9.66. The van der Waals surface area contributed by atoms with Crippen molar-refractivity contribution in [2.75, 3.05) is 7.05 Å². The predicted octanol–water partition coefficient (Wildman–Crippen LogP) is 19.3. The summed E-state index contributed by atoms with van der Waals surface area (Å²) in [4.78, 5) is 0. The SMILES string of the molecule is C=C(C)/C=C\C=C/C.C=C1C=CC=CC1.C=Cc1cc(-c2ccc3cc(-c4cccc(C5c6ccccc6C(c6ccc7ccccc7c6)=C6C=CC=CC65)c4)ccc3c2)ccc1C.CC.CC.CN. The highest BCUT2D eigenvalue weighted by molar-refractivity contribution is 5.94. The van der Waals surface area contributed by atoms with E-state index >= 15 is 0 Å². The van der Waals surface area contributed by atoms with Crippen molar-refractivity contribution in [3.8, 4) is 22.3 Å². The van der Waals surface area contributed by atoms with Gasteiger partial charge in [-0.3, -0.25) is 0 Å². The van der Waals surface area contributed by atoms with Crippen LogP contribution in [-0.2, 0) is 0 Å². The number of fused-ring (bicyclic) bond motifs is 4. The molecule has 3 aliphatic carbocycles. The van der Waals surface area contributed by atoms with Gasteiger partial charge in [0.25, 0.3) is 0 Å². The molecule has 7 aromatic carbocycles. The Bertz CT molecular complexity index is 3120. The Labute approximate surface area is 421 Å². The zero-order chi connectivity index (χ0) is 50.4. The summed E-state index contributed by atoms with van der Waals surface area (Å²) in [6, 6.07) is 54.2. The highest BCUT2D eigenvalue weighted by Gasteiger charge is 2.35. The minimum Gasteiger partial charge on any atom is -0.333 e. The molecule has 0 heterocycles. The monoisotopic (exact) mass is 916 g/mol. The summed E-state index contributed by atoms with van der Waals surface area (Å²) < 4.78 is 0. The average Bonchev–Trinajstić information content (AvgIpc) is 3.42. The van der Waals surface area contributed by atoms with Gasteiger partial charge >= 0.3 is 0 Å². The van der Waals surface area contributed by atoms with Gasteiger partial charge in [0.15, 0.2) is 0 Å². The largest absolute Gasteiger partial charge is 0.333 e. The van der Waals surface area contributed by atoms with Crippen LogP contribution in [0.3, 0.4) is 0 Å². The molecule has 0 fully saturated rings. The first-order valence-electron chi connectivity index (χ1n) is 24.9. The number of benzene rings is 7. The van der Waals surface area contributed by atoms with Gasteiger partial charge in [0, 0.05) is 11.8 Å². The molecule has 1 nitrogen and oxygen atoms in total. The molecule has 1 heteroatoms. The third kappa shape index (κ3) is 13.3. The van der Waals surface area contributed by atoms with E-state index in [1.54, 1.807) is 0 Å². The Morgan fingerprint density at radius 1 is 0.600 bits per heavy atom. The Balaban J connectivity index is 0.000000368. The molecule has 0 saturated carbocycles. The third-order valence-electron chi connectivity index (χ3n) is 12.2. The van der Waals surface area contributed by atoms with Gasteiger partial charge in [-0.2, -0.15) is 0 Å². The van der Waals surface area contributed by atoms with E-state index in [1.165, 1.54) is 101 Å². The maximum atomic E-state index is 4.50. The summed E-state index contributed by atoms with van der Waals surface area (Å²) in [5.41, 5.74) is 22.2. The fourth-order valence-corrected chi connectivity index (χ4v) is 8.94. The molecule has 2 unspecified atom stereocenters. The first kappa shape index (κ1) is 53.4. The van der Waals surface area contributed by atoms with Crippen LogP contribution < -0.4 is 5.73 Å². The minimum absolute atomic E-state index is 0.217. The van der Waals surface area contributed by atoms with Crippen LogP contribution in [0.5, 0.6) is 0 Å². The molecule has 2 N–H and O–H groups in total. The van der Waals surface area contributed by atoms with Crippen LogP contribution in [0.2, 0.25) is 0 Å². The van der Waals surface area contributed by atoms with Gasteiger partial charge in [-0.1, -0.05) is 259 Å². The normalized spacial score (nSPS) is 14.9. The summed E-state index contributed by atoms with van der Waals surface area (Å²) in [6.07, 6.45) is 28.2. The highest BCUT2D eigenvalue weighted by Crippen LogP contribution is 2.50. The van der Waals surface area contributed by atoms with Crippen LogP contribution in [0.1, 0.15) is 87.3 Å². The Morgan fingerprint density at radius 2 is 1.19 bits per heavy atom. The lowest BCUT2D eigenvalue weighted by molar-refractivity contribution is 0.649.